The van der Waals surface area contributed by atoms with Crippen LogP contribution in [0.5, 0.6) is 5.75 Å². The van der Waals surface area contributed by atoms with Crippen molar-refractivity contribution >= 4 is 11.6 Å². The van der Waals surface area contributed by atoms with Crippen molar-refractivity contribution in [2.24, 2.45) is 0 Å². The molecule has 1 amide bonds. The maximum absolute atomic E-state index is 12.6. The van der Waals surface area contributed by atoms with Gasteiger partial charge in [0.05, 0.1) is 18.8 Å². The highest BCUT2D eigenvalue weighted by atomic mass is 16.5. The number of hydrogen-bond donors (Lipinski definition) is 2. The van der Waals surface area contributed by atoms with Crippen molar-refractivity contribution < 1.29 is 9.53 Å². The maximum Gasteiger partial charge on any atom is 0.274 e. The monoisotopic (exact) mass is 326 g/mol. The Hall–Kier alpha value is -2.47. The first-order chi connectivity index (χ1) is 11.7. The first kappa shape index (κ1) is 16.4. The van der Waals surface area contributed by atoms with Crippen molar-refractivity contribution in [2.75, 3.05) is 19.0 Å². The molecule has 1 saturated heterocycles. The second-order valence-corrected chi connectivity index (χ2v) is 5.91. The lowest BCUT2D eigenvalue weighted by atomic mass is 10.0. The molecule has 0 bridgehead atoms. The molecule has 2 heterocycles. The topological polar surface area (TPSA) is 76.1 Å². The summed E-state index contributed by atoms with van der Waals surface area (Å²) in [5.41, 5.74) is 1.78. The number of aromatic nitrogens is 2. The third-order valence-corrected chi connectivity index (χ3v) is 4.08. The molecular weight excluding hydrogens is 304 g/mol. The van der Waals surface area contributed by atoms with Gasteiger partial charge in [0.15, 0.2) is 0 Å². The Balaban J connectivity index is 1.83. The van der Waals surface area contributed by atoms with Gasteiger partial charge in [0.1, 0.15) is 17.3 Å². The first-order valence-electron chi connectivity index (χ1n) is 8.20. The first-order valence-corrected chi connectivity index (χ1v) is 8.20. The summed E-state index contributed by atoms with van der Waals surface area (Å²) in [4.78, 5) is 21.6. The van der Waals surface area contributed by atoms with Crippen LogP contribution >= 0.6 is 0 Å². The van der Waals surface area contributed by atoms with Crippen LogP contribution in [-0.4, -0.2) is 29.5 Å². The fourth-order valence-electron chi connectivity index (χ4n) is 2.87. The van der Waals surface area contributed by atoms with E-state index >= 15 is 0 Å². The number of nitrogens with zero attached hydrogens (tertiary/aromatic N) is 2. The minimum Gasteiger partial charge on any atom is -0.495 e. The zero-order valence-electron chi connectivity index (χ0n) is 14.0. The van der Waals surface area contributed by atoms with Gasteiger partial charge in [-0.3, -0.25) is 4.79 Å². The van der Waals surface area contributed by atoms with Crippen LogP contribution in [0.3, 0.4) is 0 Å². The third kappa shape index (κ3) is 3.71. The smallest absolute Gasteiger partial charge is 0.274 e. The molecule has 2 N–H and O–H groups in total. The Kier molecular flexibility index (Phi) is 5.05. The molecule has 1 aromatic heterocycles. The second-order valence-electron chi connectivity index (χ2n) is 5.91. The number of nitrogens with one attached hydrogen (secondary N) is 2. The lowest BCUT2D eigenvalue weighted by Gasteiger charge is -2.22. The number of anilines is 1. The van der Waals surface area contributed by atoms with Gasteiger partial charge in [-0.1, -0.05) is 18.6 Å². The van der Waals surface area contributed by atoms with E-state index < -0.39 is 0 Å². The molecule has 3 rings (SSSR count). The molecule has 1 aliphatic rings. The van der Waals surface area contributed by atoms with Crippen LogP contribution in [0.2, 0.25) is 0 Å². The number of aryl methyl sites for hydroxylation is 1. The van der Waals surface area contributed by atoms with Gasteiger partial charge >= 0.3 is 0 Å². The minimum absolute atomic E-state index is 0.122. The van der Waals surface area contributed by atoms with E-state index in [2.05, 4.69) is 20.6 Å². The van der Waals surface area contributed by atoms with Crippen molar-refractivity contribution in [1.82, 2.24) is 15.3 Å². The molecule has 0 saturated carbocycles. The standard InChI is InChI=1S/C18H22N4O2/c1-12-11-15(21-17(20-12)14-8-5-6-10-19-14)18(23)22-13-7-3-4-9-16(13)24-2/h3-4,7,9,11,14,19H,5-6,8,10H2,1-2H3,(H,22,23). The lowest BCUT2D eigenvalue weighted by molar-refractivity contribution is 0.102. The molecule has 2 aromatic rings. The van der Waals surface area contributed by atoms with E-state index in [0.717, 1.165) is 25.1 Å². The molecule has 1 unspecified atom stereocenters. The number of piperidine rings is 1. The summed E-state index contributed by atoms with van der Waals surface area (Å²) < 4.78 is 5.27. The third-order valence-electron chi connectivity index (χ3n) is 4.08. The molecule has 1 atom stereocenters. The number of amides is 1. The zero-order chi connectivity index (χ0) is 16.9. The molecule has 126 valence electrons. The van der Waals surface area contributed by atoms with Crippen LogP contribution < -0.4 is 15.4 Å². The second kappa shape index (κ2) is 7.40. The molecule has 24 heavy (non-hydrogen) atoms. The Morgan fingerprint density at radius 2 is 2.12 bits per heavy atom. The molecule has 1 aromatic carbocycles. The highest BCUT2D eigenvalue weighted by molar-refractivity contribution is 6.03. The summed E-state index contributed by atoms with van der Waals surface area (Å²) in [6, 6.07) is 9.14. The average molecular weight is 326 g/mol. The molecule has 0 spiro atoms. The summed E-state index contributed by atoms with van der Waals surface area (Å²) in [5.74, 6) is 1.05. The van der Waals surface area contributed by atoms with Crippen LogP contribution in [-0.2, 0) is 0 Å². The summed E-state index contributed by atoms with van der Waals surface area (Å²) in [7, 11) is 1.58. The van der Waals surface area contributed by atoms with Gasteiger partial charge in [-0.2, -0.15) is 0 Å². The number of para-hydroxylation sites is 2. The van der Waals surface area contributed by atoms with E-state index in [4.69, 9.17) is 4.74 Å². The van der Waals surface area contributed by atoms with Gasteiger partial charge in [0.2, 0.25) is 0 Å². The molecule has 1 aliphatic heterocycles. The van der Waals surface area contributed by atoms with Gasteiger partial charge < -0.3 is 15.4 Å². The zero-order valence-corrected chi connectivity index (χ0v) is 14.0. The SMILES string of the molecule is COc1ccccc1NC(=O)c1cc(C)nc(C2CCCCN2)n1. The number of hydrogen-bond acceptors (Lipinski definition) is 5. The maximum atomic E-state index is 12.6. The van der Waals surface area contributed by atoms with Crippen molar-refractivity contribution in [3.05, 3.63) is 47.5 Å². The number of methoxy groups -OCH3 is 1. The summed E-state index contributed by atoms with van der Waals surface area (Å²) in [6.45, 7) is 2.85. The number of ether oxygens (including phenoxy) is 1. The molecule has 1 fully saturated rings. The molecule has 0 radical (unpaired) electrons. The van der Waals surface area contributed by atoms with Crippen LogP contribution in [0.25, 0.3) is 0 Å². The predicted octanol–water partition coefficient (Wildman–Crippen LogP) is 2.86. The number of carbonyl (C=O) groups is 1. The van der Waals surface area contributed by atoms with Crippen LogP contribution in [0.15, 0.2) is 30.3 Å². The quantitative estimate of drug-likeness (QED) is 0.903. The van der Waals surface area contributed by atoms with Gasteiger partial charge in [-0.25, -0.2) is 9.97 Å². The van der Waals surface area contributed by atoms with Gasteiger partial charge in [-0.15, -0.1) is 0 Å². The Morgan fingerprint density at radius 1 is 1.29 bits per heavy atom. The van der Waals surface area contributed by atoms with E-state index in [1.807, 2.05) is 19.1 Å². The van der Waals surface area contributed by atoms with Crippen LogP contribution in [0.1, 0.15) is 47.3 Å². The number of rotatable bonds is 4. The number of carbonyl (C=O) groups excluding carboxylic acids is 1. The Labute approximate surface area is 141 Å². The minimum atomic E-state index is -0.262. The molecule has 6 heteroatoms. The Bertz CT molecular complexity index is 727. The summed E-state index contributed by atoms with van der Waals surface area (Å²) >= 11 is 0. The lowest BCUT2D eigenvalue weighted by Crippen LogP contribution is -2.29. The summed E-state index contributed by atoms with van der Waals surface area (Å²) in [5, 5.41) is 6.28. The largest absolute Gasteiger partial charge is 0.495 e. The van der Waals surface area contributed by atoms with E-state index in [1.54, 1.807) is 25.3 Å². The van der Waals surface area contributed by atoms with Crippen LogP contribution in [0.4, 0.5) is 5.69 Å². The summed E-state index contributed by atoms with van der Waals surface area (Å²) in [6.07, 6.45) is 3.32. The van der Waals surface area contributed by atoms with E-state index in [-0.39, 0.29) is 11.9 Å². The predicted molar refractivity (Wildman–Crippen MR) is 92.3 cm³/mol. The van der Waals surface area contributed by atoms with E-state index in [0.29, 0.717) is 23.0 Å². The van der Waals surface area contributed by atoms with Gasteiger partial charge in [-0.05, 0) is 44.5 Å². The molecule has 6 nitrogen and oxygen atoms in total. The van der Waals surface area contributed by atoms with E-state index in [1.165, 1.54) is 6.42 Å². The highest BCUT2D eigenvalue weighted by Gasteiger charge is 2.20. The van der Waals surface area contributed by atoms with E-state index in [9.17, 15) is 4.79 Å². The average Bonchev–Trinajstić information content (AvgIpc) is 2.62. The fraction of sp³-hybridized carbons (Fsp3) is 0.389. The van der Waals surface area contributed by atoms with Crippen molar-refractivity contribution in [1.29, 1.82) is 0 Å². The van der Waals surface area contributed by atoms with Gasteiger partial charge in [0, 0.05) is 5.69 Å². The van der Waals surface area contributed by atoms with Crippen LogP contribution in [0, 0.1) is 6.92 Å². The van der Waals surface area contributed by atoms with Crippen molar-refractivity contribution in [3.63, 3.8) is 0 Å². The molecular formula is C18H22N4O2. The highest BCUT2D eigenvalue weighted by Crippen LogP contribution is 2.24. The normalized spacial score (nSPS) is 17.3. The fourth-order valence-corrected chi connectivity index (χ4v) is 2.87. The molecule has 0 aliphatic carbocycles. The number of benzene rings is 1. The van der Waals surface area contributed by atoms with Gasteiger partial charge in [0.25, 0.3) is 5.91 Å². The Morgan fingerprint density at radius 3 is 2.88 bits per heavy atom. The van der Waals surface area contributed by atoms with Crippen molar-refractivity contribution in [3.8, 4) is 5.75 Å². The van der Waals surface area contributed by atoms with Crippen molar-refractivity contribution in [2.45, 2.75) is 32.2 Å².